The molecule has 0 saturated carbocycles. The number of aromatic nitrogens is 1. The highest BCUT2D eigenvalue weighted by atomic mass is 127. The first kappa shape index (κ1) is 11.8. The van der Waals surface area contributed by atoms with Crippen LogP contribution in [0.25, 0.3) is 0 Å². The largest absolute Gasteiger partial charge is 0.384 e. The highest BCUT2D eigenvalue weighted by molar-refractivity contribution is 14.1. The number of hydrogen-bond acceptors (Lipinski definition) is 2. The van der Waals surface area contributed by atoms with Crippen LogP contribution in [0.2, 0.25) is 5.02 Å². The van der Waals surface area contributed by atoms with E-state index in [0.717, 1.165) is 14.7 Å². The van der Waals surface area contributed by atoms with Gasteiger partial charge in [0.2, 0.25) is 0 Å². The number of pyridine rings is 1. The fourth-order valence-corrected chi connectivity index (χ4v) is 2.25. The van der Waals surface area contributed by atoms with E-state index in [4.69, 9.17) is 11.6 Å². The molecule has 0 spiro atoms. The third-order valence-electron chi connectivity index (χ3n) is 2.25. The van der Waals surface area contributed by atoms with Crippen molar-refractivity contribution in [2.45, 2.75) is 6.10 Å². The Hall–Kier alpha value is -0.650. The second kappa shape index (κ2) is 5.12. The molecule has 1 unspecified atom stereocenters. The van der Waals surface area contributed by atoms with Crippen molar-refractivity contribution in [3.8, 4) is 0 Å². The minimum Gasteiger partial charge on any atom is -0.384 e. The van der Waals surface area contributed by atoms with Crippen LogP contribution < -0.4 is 0 Å². The smallest absolute Gasteiger partial charge is 0.107 e. The standard InChI is InChI=1S/C12H9ClINO/c13-9-3-4-11(14)10(6-9)12(16)8-2-1-5-15-7-8/h1-7,12,16H. The van der Waals surface area contributed by atoms with E-state index in [-0.39, 0.29) is 0 Å². The maximum atomic E-state index is 10.2. The molecule has 2 aromatic rings. The molecule has 0 aliphatic rings. The molecule has 0 radical (unpaired) electrons. The monoisotopic (exact) mass is 345 g/mol. The van der Waals surface area contributed by atoms with E-state index < -0.39 is 6.10 Å². The van der Waals surface area contributed by atoms with E-state index in [9.17, 15) is 5.11 Å². The van der Waals surface area contributed by atoms with Gasteiger partial charge in [-0.3, -0.25) is 4.98 Å². The molecular weight excluding hydrogens is 336 g/mol. The zero-order valence-corrected chi connectivity index (χ0v) is 11.2. The maximum Gasteiger partial charge on any atom is 0.107 e. The molecule has 2 nitrogen and oxygen atoms in total. The predicted molar refractivity (Wildman–Crippen MR) is 72.5 cm³/mol. The average Bonchev–Trinajstić information content (AvgIpc) is 2.32. The van der Waals surface area contributed by atoms with Crippen LogP contribution in [0.3, 0.4) is 0 Å². The summed E-state index contributed by atoms with van der Waals surface area (Å²) in [4.78, 5) is 3.99. The summed E-state index contributed by atoms with van der Waals surface area (Å²) >= 11 is 8.10. The van der Waals surface area contributed by atoms with Gasteiger partial charge in [0.15, 0.2) is 0 Å². The predicted octanol–water partition coefficient (Wildman–Crippen LogP) is 3.42. The van der Waals surface area contributed by atoms with Crippen molar-refractivity contribution in [3.63, 3.8) is 0 Å². The van der Waals surface area contributed by atoms with Crippen LogP contribution in [0, 0.1) is 3.57 Å². The van der Waals surface area contributed by atoms with Crippen LogP contribution in [-0.2, 0) is 0 Å². The van der Waals surface area contributed by atoms with Gasteiger partial charge in [0.05, 0.1) is 0 Å². The second-order valence-corrected chi connectivity index (χ2v) is 4.95. The van der Waals surface area contributed by atoms with Crippen LogP contribution >= 0.6 is 34.2 Å². The molecule has 1 aromatic heterocycles. The molecule has 0 amide bonds. The normalized spacial score (nSPS) is 12.4. The van der Waals surface area contributed by atoms with Gasteiger partial charge < -0.3 is 5.11 Å². The maximum absolute atomic E-state index is 10.2. The number of halogens is 2. The molecule has 2 rings (SSSR count). The van der Waals surface area contributed by atoms with Crippen molar-refractivity contribution in [2.24, 2.45) is 0 Å². The van der Waals surface area contributed by atoms with E-state index >= 15 is 0 Å². The van der Waals surface area contributed by atoms with E-state index in [2.05, 4.69) is 27.6 Å². The van der Waals surface area contributed by atoms with Gasteiger partial charge in [-0.15, -0.1) is 0 Å². The fraction of sp³-hybridized carbons (Fsp3) is 0.0833. The topological polar surface area (TPSA) is 33.1 Å². The molecular formula is C12H9ClINO. The average molecular weight is 346 g/mol. The van der Waals surface area contributed by atoms with E-state index in [1.165, 1.54) is 0 Å². The molecule has 0 bridgehead atoms. The van der Waals surface area contributed by atoms with Gasteiger partial charge in [0, 0.05) is 26.5 Å². The SMILES string of the molecule is OC(c1cccnc1)c1cc(Cl)ccc1I. The van der Waals surface area contributed by atoms with Crippen molar-refractivity contribution < 1.29 is 5.11 Å². The zero-order chi connectivity index (χ0) is 11.5. The van der Waals surface area contributed by atoms with Gasteiger partial charge in [-0.05, 0) is 52.4 Å². The molecule has 82 valence electrons. The van der Waals surface area contributed by atoms with Gasteiger partial charge in [0.25, 0.3) is 0 Å². The number of rotatable bonds is 2. The number of hydrogen-bond donors (Lipinski definition) is 1. The lowest BCUT2D eigenvalue weighted by atomic mass is 10.0. The van der Waals surface area contributed by atoms with Gasteiger partial charge in [0.1, 0.15) is 6.10 Å². The molecule has 0 aliphatic heterocycles. The Morgan fingerprint density at radius 1 is 1.31 bits per heavy atom. The lowest BCUT2D eigenvalue weighted by Gasteiger charge is -2.13. The van der Waals surface area contributed by atoms with E-state index in [1.807, 2.05) is 18.2 Å². The van der Waals surface area contributed by atoms with E-state index in [1.54, 1.807) is 24.5 Å². The summed E-state index contributed by atoms with van der Waals surface area (Å²) in [5, 5.41) is 10.8. The van der Waals surface area contributed by atoms with E-state index in [0.29, 0.717) is 5.02 Å². The third-order valence-corrected chi connectivity index (χ3v) is 3.47. The first-order chi connectivity index (χ1) is 7.68. The minimum absolute atomic E-state index is 0.623. The summed E-state index contributed by atoms with van der Waals surface area (Å²) in [5.74, 6) is 0. The van der Waals surface area contributed by atoms with Crippen molar-refractivity contribution in [2.75, 3.05) is 0 Å². The van der Waals surface area contributed by atoms with Gasteiger partial charge >= 0.3 is 0 Å². The molecule has 0 saturated heterocycles. The Bertz CT molecular complexity index is 490. The molecule has 1 aromatic carbocycles. The Balaban J connectivity index is 2.41. The highest BCUT2D eigenvalue weighted by Crippen LogP contribution is 2.27. The van der Waals surface area contributed by atoms with Crippen LogP contribution in [-0.4, -0.2) is 10.1 Å². The zero-order valence-electron chi connectivity index (χ0n) is 8.27. The molecule has 1 N–H and O–H groups in total. The summed E-state index contributed by atoms with van der Waals surface area (Å²) in [6.45, 7) is 0. The molecule has 0 aliphatic carbocycles. The number of aliphatic hydroxyl groups excluding tert-OH is 1. The summed E-state index contributed by atoms with van der Waals surface area (Å²) in [6, 6.07) is 9.12. The molecule has 0 fully saturated rings. The van der Waals surface area contributed by atoms with Gasteiger partial charge in [-0.2, -0.15) is 0 Å². The molecule has 1 heterocycles. The fourth-order valence-electron chi connectivity index (χ4n) is 1.44. The number of aliphatic hydroxyl groups is 1. The van der Waals surface area contributed by atoms with Crippen molar-refractivity contribution in [1.29, 1.82) is 0 Å². The Morgan fingerprint density at radius 3 is 2.81 bits per heavy atom. The lowest BCUT2D eigenvalue weighted by molar-refractivity contribution is 0.219. The summed E-state index contributed by atoms with van der Waals surface area (Å²) < 4.78 is 0.985. The van der Waals surface area contributed by atoms with Crippen LogP contribution in [0.15, 0.2) is 42.7 Å². The molecule has 1 atom stereocenters. The number of nitrogens with zero attached hydrogens (tertiary/aromatic N) is 1. The van der Waals surface area contributed by atoms with Crippen LogP contribution in [0.4, 0.5) is 0 Å². The molecule has 16 heavy (non-hydrogen) atoms. The summed E-state index contributed by atoms with van der Waals surface area (Å²) in [7, 11) is 0. The van der Waals surface area contributed by atoms with Crippen LogP contribution in [0.5, 0.6) is 0 Å². The van der Waals surface area contributed by atoms with Crippen molar-refractivity contribution in [1.82, 2.24) is 4.98 Å². The first-order valence-electron chi connectivity index (χ1n) is 4.71. The first-order valence-corrected chi connectivity index (χ1v) is 6.17. The van der Waals surface area contributed by atoms with Gasteiger partial charge in [-0.25, -0.2) is 0 Å². The van der Waals surface area contributed by atoms with Gasteiger partial charge in [-0.1, -0.05) is 17.7 Å². The van der Waals surface area contributed by atoms with Crippen molar-refractivity contribution in [3.05, 3.63) is 62.4 Å². The quantitative estimate of drug-likeness (QED) is 0.846. The Morgan fingerprint density at radius 2 is 2.12 bits per heavy atom. The third kappa shape index (κ3) is 2.53. The minimum atomic E-state index is -0.681. The lowest BCUT2D eigenvalue weighted by Crippen LogP contribution is -2.02. The molecule has 4 heteroatoms. The number of benzene rings is 1. The summed E-state index contributed by atoms with van der Waals surface area (Å²) in [5.41, 5.74) is 1.57. The van der Waals surface area contributed by atoms with Crippen molar-refractivity contribution >= 4 is 34.2 Å². The highest BCUT2D eigenvalue weighted by Gasteiger charge is 2.13. The Labute approximate surface area is 112 Å². The summed E-state index contributed by atoms with van der Waals surface area (Å²) in [6.07, 6.45) is 2.65. The van der Waals surface area contributed by atoms with Crippen LogP contribution in [0.1, 0.15) is 17.2 Å². The second-order valence-electron chi connectivity index (χ2n) is 3.35. The Kier molecular flexibility index (Phi) is 3.78.